The minimum atomic E-state index is -0.216. The number of benzene rings is 1. The summed E-state index contributed by atoms with van der Waals surface area (Å²) < 4.78 is 12.6. The summed E-state index contributed by atoms with van der Waals surface area (Å²) in [5.41, 5.74) is 6.88. The summed E-state index contributed by atoms with van der Waals surface area (Å²) in [5.74, 6) is 0.282. The smallest absolute Gasteiger partial charge is 0.123 e. The second-order valence-electron chi connectivity index (χ2n) is 3.94. The fourth-order valence-electron chi connectivity index (χ4n) is 1.31. The molecule has 2 unspecified atom stereocenters. The highest BCUT2D eigenvalue weighted by atomic mass is 19.1. The summed E-state index contributed by atoms with van der Waals surface area (Å²) in [7, 11) is 0. The number of hydrogen-bond acceptors (Lipinski definition) is 2. The zero-order chi connectivity index (χ0) is 11.3. The lowest BCUT2D eigenvalue weighted by Gasteiger charge is -2.19. The third-order valence-electron chi connectivity index (χ3n) is 2.76. The van der Waals surface area contributed by atoms with Gasteiger partial charge in [0, 0.05) is 18.3 Å². The summed E-state index contributed by atoms with van der Waals surface area (Å²) in [6, 6.07) is 6.46. The molecule has 1 aromatic rings. The normalized spacial score (nSPS) is 14.7. The molecule has 0 saturated carbocycles. The van der Waals surface area contributed by atoms with Crippen molar-refractivity contribution in [3.8, 4) is 0 Å². The van der Waals surface area contributed by atoms with Crippen LogP contribution in [0.5, 0.6) is 0 Å². The molecular weight excluding hydrogens is 191 g/mol. The molecule has 0 heterocycles. The average molecular weight is 210 g/mol. The fourth-order valence-corrected chi connectivity index (χ4v) is 1.31. The number of rotatable bonds is 5. The van der Waals surface area contributed by atoms with Crippen molar-refractivity contribution >= 4 is 5.69 Å². The highest BCUT2D eigenvalue weighted by molar-refractivity contribution is 5.42. The third-order valence-corrected chi connectivity index (χ3v) is 2.76. The number of nitrogens with two attached hydrogens (primary N) is 1. The molecule has 0 bridgehead atoms. The van der Waals surface area contributed by atoms with Crippen LogP contribution < -0.4 is 11.1 Å². The topological polar surface area (TPSA) is 38.0 Å². The van der Waals surface area contributed by atoms with Crippen molar-refractivity contribution in [2.45, 2.75) is 26.3 Å². The van der Waals surface area contributed by atoms with Crippen LogP contribution in [-0.2, 0) is 0 Å². The predicted molar refractivity (Wildman–Crippen MR) is 62.3 cm³/mol. The molecule has 2 nitrogen and oxygen atoms in total. The zero-order valence-corrected chi connectivity index (χ0v) is 9.33. The van der Waals surface area contributed by atoms with Crippen LogP contribution in [0.1, 0.15) is 20.3 Å². The van der Waals surface area contributed by atoms with Crippen molar-refractivity contribution in [3.63, 3.8) is 0 Å². The molecule has 1 aromatic carbocycles. The molecular formula is C12H19FN2. The van der Waals surface area contributed by atoms with E-state index >= 15 is 0 Å². The third kappa shape index (κ3) is 3.88. The van der Waals surface area contributed by atoms with E-state index in [1.807, 2.05) is 0 Å². The first-order chi connectivity index (χ1) is 7.13. The van der Waals surface area contributed by atoms with Gasteiger partial charge in [0.1, 0.15) is 5.82 Å². The summed E-state index contributed by atoms with van der Waals surface area (Å²) in [6.45, 7) is 4.99. The number of hydrogen-bond donors (Lipinski definition) is 2. The quantitative estimate of drug-likeness (QED) is 0.784. The second-order valence-corrected chi connectivity index (χ2v) is 3.94. The molecule has 15 heavy (non-hydrogen) atoms. The van der Waals surface area contributed by atoms with E-state index in [1.165, 1.54) is 12.1 Å². The minimum absolute atomic E-state index is 0.139. The molecule has 0 fully saturated rings. The number of nitrogens with one attached hydrogen (secondary N) is 1. The molecule has 0 aromatic heterocycles. The Hall–Kier alpha value is -1.09. The lowest BCUT2D eigenvalue weighted by atomic mass is 10.0. The van der Waals surface area contributed by atoms with E-state index in [1.54, 1.807) is 12.1 Å². The Labute approximate surface area is 90.7 Å². The van der Waals surface area contributed by atoms with Crippen molar-refractivity contribution in [2.24, 2.45) is 11.7 Å². The van der Waals surface area contributed by atoms with Crippen LogP contribution in [0, 0.1) is 11.7 Å². The Morgan fingerprint density at radius 1 is 1.33 bits per heavy atom. The maximum absolute atomic E-state index is 12.6. The van der Waals surface area contributed by atoms with Crippen LogP contribution in [-0.4, -0.2) is 12.6 Å². The highest BCUT2D eigenvalue weighted by Crippen LogP contribution is 2.10. The molecule has 0 amide bonds. The monoisotopic (exact) mass is 210 g/mol. The number of halogens is 1. The summed E-state index contributed by atoms with van der Waals surface area (Å²) in [5, 5.41) is 3.20. The lowest BCUT2D eigenvalue weighted by molar-refractivity contribution is 0.457. The Balaban J connectivity index is 2.40. The van der Waals surface area contributed by atoms with Crippen molar-refractivity contribution in [1.29, 1.82) is 0 Å². The van der Waals surface area contributed by atoms with Gasteiger partial charge in [0.15, 0.2) is 0 Å². The molecule has 84 valence electrons. The molecule has 0 aliphatic carbocycles. The van der Waals surface area contributed by atoms with Crippen molar-refractivity contribution in [2.75, 3.05) is 11.9 Å². The minimum Gasteiger partial charge on any atom is -0.383 e. The van der Waals surface area contributed by atoms with Crippen molar-refractivity contribution in [1.82, 2.24) is 0 Å². The van der Waals surface area contributed by atoms with E-state index < -0.39 is 0 Å². The molecule has 2 atom stereocenters. The van der Waals surface area contributed by atoms with E-state index in [0.29, 0.717) is 5.92 Å². The van der Waals surface area contributed by atoms with Crippen LogP contribution in [0.4, 0.5) is 10.1 Å². The van der Waals surface area contributed by atoms with Gasteiger partial charge in [-0.25, -0.2) is 4.39 Å². The molecule has 0 saturated heterocycles. The van der Waals surface area contributed by atoms with E-state index in [2.05, 4.69) is 19.2 Å². The van der Waals surface area contributed by atoms with Gasteiger partial charge in [-0.1, -0.05) is 20.3 Å². The summed E-state index contributed by atoms with van der Waals surface area (Å²) in [6.07, 6.45) is 1.08. The van der Waals surface area contributed by atoms with Gasteiger partial charge in [-0.3, -0.25) is 0 Å². The fraction of sp³-hybridized carbons (Fsp3) is 0.500. The van der Waals surface area contributed by atoms with E-state index in [0.717, 1.165) is 18.7 Å². The Morgan fingerprint density at radius 2 is 1.93 bits per heavy atom. The van der Waals surface area contributed by atoms with Gasteiger partial charge in [0.2, 0.25) is 0 Å². The highest BCUT2D eigenvalue weighted by Gasteiger charge is 2.09. The van der Waals surface area contributed by atoms with Crippen LogP contribution in [0.2, 0.25) is 0 Å². The Kier molecular flexibility index (Phi) is 4.56. The van der Waals surface area contributed by atoms with E-state index in [4.69, 9.17) is 5.73 Å². The van der Waals surface area contributed by atoms with Gasteiger partial charge in [-0.15, -0.1) is 0 Å². The maximum Gasteiger partial charge on any atom is 0.123 e. The van der Waals surface area contributed by atoms with Crippen LogP contribution in [0.25, 0.3) is 0 Å². The Morgan fingerprint density at radius 3 is 2.47 bits per heavy atom. The van der Waals surface area contributed by atoms with Gasteiger partial charge in [0.25, 0.3) is 0 Å². The summed E-state index contributed by atoms with van der Waals surface area (Å²) in [4.78, 5) is 0. The molecule has 3 heteroatoms. The molecule has 0 aliphatic heterocycles. The average Bonchev–Trinajstić information content (AvgIpc) is 2.26. The lowest BCUT2D eigenvalue weighted by Crippen LogP contribution is -2.35. The van der Waals surface area contributed by atoms with Gasteiger partial charge in [0.05, 0.1) is 0 Å². The first-order valence-corrected chi connectivity index (χ1v) is 5.38. The zero-order valence-electron chi connectivity index (χ0n) is 9.33. The standard InChI is InChI=1S/C12H19FN2/c1-3-9(2)12(14)8-15-11-6-4-10(13)5-7-11/h4-7,9,12,15H,3,8,14H2,1-2H3. The molecule has 0 radical (unpaired) electrons. The number of anilines is 1. The first-order valence-electron chi connectivity index (χ1n) is 5.38. The summed E-state index contributed by atoms with van der Waals surface area (Å²) >= 11 is 0. The van der Waals surface area contributed by atoms with Gasteiger partial charge in [-0.2, -0.15) is 0 Å². The van der Waals surface area contributed by atoms with Gasteiger partial charge >= 0.3 is 0 Å². The van der Waals surface area contributed by atoms with E-state index in [9.17, 15) is 4.39 Å². The second kappa shape index (κ2) is 5.71. The SMILES string of the molecule is CCC(C)C(N)CNc1ccc(F)cc1. The van der Waals surface area contributed by atoms with E-state index in [-0.39, 0.29) is 11.9 Å². The molecule has 3 N–H and O–H groups in total. The predicted octanol–water partition coefficient (Wildman–Crippen LogP) is 2.61. The van der Waals surface area contributed by atoms with Crippen LogP contribution >= 0.6 is 0 Å². The van der Waals surface area contributed by atoms with Crippen LogP contribution in [0.15, 0.2) is 24.3 Å². The van der Waals surface area contributed by atoms with Gasteiger partial charge < -0.3 is 11.1 Å². The maximum atomic E-state index is 12.6. The first kappa shape index (κ1) is 12.0. The Bertz CT molecular complexity index is 284. The van der Waals surface area contributed by atoms with Crippen molar-refractivity contribution < 1.29 is 4.39 Å². The molecule has 1 rings (SSSR count). The van der Waals surface area contributed by atoms with Gasteiger partial charge in [-0.05, 0) is 30.2 Å². The van der Waals surface area contributed by atoms with Crippen LogP contribution in [0.3, 0.4) is 0 Å². The van der Waals surface area contributed by atoms with Crippen molar-refractivity contribution in [3.05, 3.63) is 30.1 Å². The molecule has 0 aliphatic rings. The molecule has 0 spiro atoms. The largest absolute Gasteiger partial charge is 0.383 e.